The molecular formula is C27H36N3O6P3. The molecule has 1 aliphatic rings. The van der Waals surface area contributed by atoms with Crippen LogP contribution in [0.1, 0.15) is 37.5 Å². The smallest absolute Gasteiger partial charge is 0.404 e. The maximum atomic E-state index is 6.58. The number of para-hydroxylation sites is 3. The van der Waals surface area contributed by atoms with E-state index in [-0.39, 0.29) is 19.8 Å². The number of hydrogen-bond donors (Lipinski definition) is 0. The summed E-state index contributed by atoms with van der Waals surface area (Å²) in [4.78, 5) is 0. The van der Waals surface area contributed by atoms with Crippen LogP contribution in [0.15, 0.2) is 86.3 Å². The third-order valence-corrected chi connectivity index (χ3v) is 14.0. The van der Waals surface area contributed by atoms with Crippen LogP contribution < -0.4 is 13.6 Å². The van der Waals surface area contributed by atoms with Crippen molar-refractivity contribution in [2.75, 3.05) is 19.8 Å². The van der Waals surface area contributed by atoms with E-state index < -0.39 is 23.0 Å². The molecule has 0 fully saturated rings. The maximum absolute atomic E-state index is 6.58. The minimum absolute atomic E-state index is 0.277. The second-order valence-corrected chi connectivity index (χ2v) is 15.0. The summed E-state index contributed by atoms with van der Waals surface area (Å²) in [5.41, 5.74) is 2.72. The van der Waals surface area contributed by atoms with Crippen LogP contribution in [0.4, 0.5) is 0 Å². The predicted molar refractivity (Wildman–Crippen MR) is 158 cm³/mol. The second kappa shape index (κ2) is 12.9. The fourth-order valence-corrected chi connectivity index (χ4v) is 13.2. The van der Waals surface area contributed by atoms with Crippen molar-refractivity contribution < 1.29 is 27.1 Å². The molecule has 0 atom stereocenters. The quantitative estimate of drug-likeness (QED) is 0.195. The number of hydrogen-bond acceptors (Lipinski definition) is 9. The number of aryl methyl sites for hydroxylation is 3. The molecule has 39 heavy (non-hydrogen) atoms. The van der Waals surface area contributed by atoms with Crippen LogP contribution in [-0.4, -0.2) is 19.8 Å². The molecule has 4 rings (SSSR count). The Morgan fingerprint density at radius 1 is 0.462 bits per heavy atom. The molecule has 210 valence electrons. The molecule has 9 nitrogen and oxygen atoms in total. The Balaban J connectivity index is 2.04. The molecule has 0 unspecified atom stereocenters. The van der Waals surface area contributed by atoms with Crippen molar-refractivity contribution in [1.29, 1.82) is 0 Å². The zero-order chi connectivity index (χ0) is 27.9. The zero-order valence-corrected chi connectivity index (χ0v) is 25.9. The molecule has 0 spiro atoms. The first-order valence-corrected chi connectivity index (χ1v) is 17.5. The molecule has 0 aromatic heterocycles. The van der Waals surface area contributed by atoms with E-state index in [2.05, 4.69) is 0 Å². The standard InChI is InChI=1S/C27H36N3O6P3/c1-7-31-37(34-25-19-13-10-16-22(25)4)28-38(32-8-2,35-26-20-14-11-17-23(26)5)30-39(29-37,33-9-3)36-27-21-15-12-18-24(27)6/h10-21H,7-9H2,1-6H3. The molecule has 1 aliphatic heterocycles. The van der Waals surface area contributed by atoms with Crippen molar-refractivity contribution in [2.24, 2.45) is 13.5 Å². The lowest BCUT2D eigenvalue weighted by Gasteiger charge is -2.33. The molecule has 0 bridgehead atoms. The topological polar surface area (TPSA) is 92.5 Å². The minimum atomic E-state index is -3.49. The fraction of sp³-hybridized carbons (Fsp3) is 0.333. The van der Waals surface area contributed by atoms with Gasteiger partial charge < -0.3 is 13.6 Å². The van der Waals surface area contributed by atoms with Crippen molar-refractivity contribution >= 4 is 23.0 Å². The van der Waals surface area contributed by atoms with Gasteiger partial charge in [-0.1, -0.05) is 54.6 Å². The van der Waals surface area contributed by atoms with Gasteiger partial charge in [0, 0.05) is 0 Å². The first-order valence-electron chi connectivity index (χ1n) is 12.9. The predicted octanol–water partition coefficient (Wildman–Crippen LogP) is 10.1. The summed E-state index contributed by atoms with van der Waals surface area (Å²) in [5.74, 6) is 1.76. The van der Waals surface area contributed by atoms with Gasteiger partial charge in [-0.15, -0.1) is 13.5 Å². The fourth-order valence-electron chi connectivity index (χ4n) is 3.69. The average Bonchev–Trinajstić information content (AvgIpc) is 2.88. The highest BCUT2D eigenvalue weighted by Gasteiger charge is 2.45. The lowest BCUT2D eigenvalue weighted by Crippen LogP contribution is -2.08. The Kier molecular flexibility index (Phi) is 9.77. The van der Waals surface area contributed by atoms with Gasteiger partial charge in [0.1, 0.15) is 17.2 Å². The summed E-state index contributed by atoms with van der Waals surface area (Å²) in [6, 6.07) is 22.9. The van der Waals surface area contributed by atoms with E-state index >= 15 is 0 Å². The number of rotatable bonds is 12. The van der Waals surface area contributed by atoms with Gasteiger partial charge in [-0.05, 0) is 76.4 Å². The molecule has 0 radical (unpaired) electrons. The summed E-state index contributed by atoms with van der Waals surface area (Å²) in [7, 11) is -10.5. The molecule has 3 aromatic carbocycles. The summed E-state index contributed by atoms with van der Waals surface area (Å²) >= 11 is 0. The summed E-state index contributed by atoms with van der Waals surface area (Å²) in [6.07, 6.45) is 0. The highest BCUT2D eigenvalue weighted by atomic mass is 31.3. The molecule has 3 aromatic rings. The van der Waals surface area contributed by atoms with Crippen LogP contribution in [0.2, 0.25) is 0 Å². The first kappa shape index (κ1) is 29.6. The molecule has 1 heterocycles. The lowest BCUT2D eigenvalue weighted by molar-refractivity contribution is 0.299. The van der Waals surface area contributed by atoms with Gasteiger partial charge in [-0.3, -0.25) is 13.6 Å². The third kappa shape index (κ3) is 7.05. The van der Waals surface area contributed by atoms with E-state index in [1.165, 1.54) is 0 Å². The average molecular weight is 592 g/mol. The number of benzene rings is 3. The molecule has 0 N–H and O–H groups in total. The van der Waals surface area contributed by atoms with Gasteiger partial charge in [-0.2, -0.15) is 0 Å². The van der Waals surface area contributed by atoms with Crippen LogP contribution in [0.3, 0.4) is 0 Å². The zero-order valence-electron chi connectivity index (χ0n) is 23.2. The largest absolute Gasteiger partial charge is 0.422 e. The van der Waals surface area contributed by atoms with Gasteiger partial charge in [-0.25, -0.2) is 0 Å². The van der Waals surface area contributed by atoms with Gasteiger partial charge >= 0.3 is 23.0 Å². The van der Waals surface area contributed by atoms with Crippen molar-refractivity contribution in [3.05, 3.63) is 89.5 Å². The van der Waals surface area contributed by atoms with E-state index in [0.717, 1.165) is 16.7 Å². The van der Waals surface area contributed by atoms with E-state index in [4.69, 9.17) is 40.7 Å². The van der Waals surface area contributed by atoms with E-state index in [9.17, 15) is 0 Å². The second-order valence-electron chi connectivity index (χ2n) is 8.56. The van der Waals surface area contributed by atoms with E-state index in [1.54, 1.807) is 0 Å². The Bertz CT molecular complexity index is 1290. The van der Waals surface area contributed by atoms with Gasteiger partial charge in [0.15, 0.2) is 0 Å². The third-order valence-electron chi connectivity index (χ3n) is 5.50. The molecule has 12 heteroatoms. The molecule has 0 amide bonds. The van der Waals surface area contributed by atoms with Crippen molar-refractivity contribution in [3.8, 4) is 17.2 Å². The van der Waals surface area contributed by atoms with Crippen molar-refractivity contribution in [1.82, 2.24) is 0 Å². The van der Waals surface area contributed by atoms with Crippen molar-refractivity contribution in [2.45, 2.75) is 41.5 Å². The Morgan fingerprint density at radius 2 is 0.718 bits per heavy atom. The number of nitrogens with zero attached hydrogens (tertiary/aromatic N) is 3. The Morgan fingerprint density at radius 3 is 0.949 bits per heavy atom. The SMILES string of the molecule is CCOP1(Oc2ccccc2C)=NP(OCC)(Oc2ccccc2C)=NP(OCC)(Oc2ccccc2C)=N1. The Labute approximate surface area is 231 Å². The summed E-state index contributed by atoms with van der Waals surface area (Å²) in [5, 5.41) is 0. The van der Waals surface area contributed by atoms with Crippen molar-refractivity contribution in [3.63, 3.8) is 0 Å². The molecule has 0 saturated carbocycles. The van der Waals surface area contributed by atoms with Gasteiger partial charge in [0.05, 0.1) is 19.8 Å². The first-order chi connectivity index (χ1) is 18.8. The molecule has 0 aliphatic carbocycles. The maximum Gasteiger partial charge on any atom is 0.404 e. The normalized spacial score (nSPS) is 24.2. The molecule has 0 saturated heterocycles. The van der Waals surface area contributed by atoms with Gasteiger partial charge in [0.25, 0.3) is 0 Å². The van der Waals surface area contributed by atoms with Crippen LogP contribution >= 0.6 is 23.0 Å². The van der Waals surface area contributed by atoms with Crippen LogP contribution in [0.25, 0.3) is 0 Å². The molecular weight excluding hydrogens is 555 g/mol. The van der Waals surface area contributed by atoms with Crippen LogP contribution in [-0.2, 0) is 13.6 Å². The lowest BCUT2D eigenvalue weighted by atomic mass is 10.2. The minimum Gasteiger partial charge on any atom is -0.422 e. The van der Waals surface area contributed by atoms with E-state index in [0.29, 0.717) is 17.2 Å². The van der Waals surface area contributed by atoms with E-state index in [1.807, 2.05) is 114 Å². The summed E-state index contributed by atoms with van der Waals surface area (Å²) < 4.78 is 53.7. The highest BCUT2D eigenvalue weighted by molar-refractivity contribution is 7.78. The van der Waals surface area contributed by atoms with Crippen LogP contribution in [0.5, 0.6) is 17.2 Å². The van der Waals surface area contributed by atoms with Gasteiger partial charge in [0.2, 0.25) is 0 Å². The Hall–Kier alpha value is -2.37. The van der Waals surface area contributed by atoms with Crippen LogP contribution in [0, 0.1) is 20.8 Å². The monoisotopic (exact) mass is 591 g/mol. The highest BCUT2D eigenvalue weighted by Crippen LogP contribution is 2.79. The summed E-state index contributed by atoms with van der Waals surface area (Å²) in [6.45, 7) is 12.3.